The lowest BCUT2D eigenvalue weighted by Gasteiger charge is -2.41. The van der Waals surface area contributed by atoms with Crippen molar-refractivity contribution in [3.05, 3.63) is 0 Å². The summed E-state index contributed by atoms with van der Waals surface area (Å²) in [5.41, 5.74) is 0.202. The molecule has 0 aromatic carbocycles. The number of nitrogens with one attached hydrogen (secondary N) is 1. The molecule has 0 bridgehead atoms. The van der Waals surface area contributed by atoms with E-state index >= 15 is 0 Å². The maximum atomic E-state index is 12.2. The summed E-state index contributed by atoms with van der Waals surface area (Å²) in [5.74, 6) is 0. The van der Waals surface area contributed by atoms with Crippen LogP contribution in [0.15, 0.2) is 0 Å². The van der Waals surface area contributed by atoms with E-state index in [4.69, 9.17) is 4.74 Å². The van der Waals surface area contributed by atoms with Gasteiger partial charge in [-0.1, -0.05) is 0 Å². The van der Waals surface area contributed by atoms with Crippen molar-refractivity contribution in [2.24, 2.45) is 5.41 Å². The minimum Gasteiger partial charge on any atom is -0.598 e. The van der Waals surface area contributed by atoms with E-state index in [1.54, 1.807) is 0 Å². The minimum atomic E-state index is -1.01. The van der Waals surface area contributed by atoms with Crippen molar-refractivity contribution >= 4 is 11.4 Å². The molecule has 0 aromatic heterocycles. The van der Waals surface area contributed by atoms with Crippen LogP contribution >= 0.6 is 0 Å². The Morgan fingerprint density at radius 1 is 1.33 bits per heavy atom. The first-order valence-electron chi connectivity index (χ1n) is 6.78. The minimum absolute atomic E-state index is 0.202. The fourth-order valence-electron chi connectivity index (χ4n) is 2.68. The molecule has 2 rings (SSSR count). The summed E-state index contributed by atoms with van der Waals surface area (Å²) in [4.78, 5) is 2.36. The Kier molecular flexibility index (Phi) is 4.29. The summed E-state index contributed by atoms with van der Waals surface area (Å²) in [6.07, 6.45) is 2.28. The molecule has 2 atom stereocenters. The average molecular weight is 274 g/mol. The Morgan fingerprint density at radius 3 is 2.50 bits per heavy atom. The fourth-order valence-corrected chi connectivity index (χ4v) is 3.61. The van der Waals surface area contributed by atoms with Crippen LogP contribution in [0.25, 0.3) is 0 Å². The molecular weight excluding hydrogens is 248 g/mol. The number of likely N-dealkylation sites (tertiary alicyclic amines) is 1. The van der Waals surface area contributed by atoms with Gasteiger partial charge in [0.15, 0.2) is 0 Å². The second-order valence-corrected chi connectivity index (χ2v) is 8.73. The third kappa shape index (κ3) is 3.02. The lowest BCUT2D eigenvalue weighted by molar-refractivity contribution is 0.0854. The summed E-state index contributed by atoms with van der Waals surface area (Å²) < 4.78 is 21.0. The molecule has 2 aliphatic heterocycles. The largest absolute Gasteiger partial charge is 0.598 e. The zero-order chi connectivity index (χ0) is 13.4. The molecule has 4 nitrogen and oxygen atoms in total. The smallest absolute Gasteiger partial charge is 0.136 e. The molecule has 0 aromatic rings. The molecular formula is C13H26N2O2S. The van der Waals surface area contributed by atoms with Crippen molar-refractivity contribution in [3.8, 4) is 0 Å². The normalized spacial score (nSPS) is 30.8. The Balaban J connectivity index is 1.99. The highest BCUT2D eigenvalue weighted by Gasteiger charge is 2.48. The summed E-state index contributed by atoms with van der Waals surface area (Å²) >= 11 is -1.01. The van der Waals surface area contributed by atoms with Gasteiger partial charge in [-0.15, -0.1) is 4.72 Å². The highest BCUT2D eigenvalue weighted by molar-refractivity contribution is 7.90. The van der Waals surface area contributed by atoms with E-state index < -0.39 is 11.4 Å². The molecule has 2 aliphatic rings. The highest BCUT2D eigenvalue weighted by atomic mass is 32.2. The van der Waals surface area contributed by atoms with Crippen molar-refractivity contribution in [2.45, 2.75) is 44.4 Å². The fraction of sp³-hybridized carbons (Fsp3) is 1.00. The van der Waals surface area contributed by atoms with Gasteiger partial charge in [0.1, 0.15) is 4.75 Å². The predicted molar refractivity (Wildman–Crippen MR) is 74.8 cm³/mol. The highest BCUT2D eigenvalue weighted by Crippen LogP contribution is 2.39. The van der Waals surface area contributed by atoms with E-state index in [9.17, 15) is 4.55 Å². The molecule has 1 unspecified atom stereocenters. The molecule has 0 radical (unpaired) electrons. The molecule has 0 amide bonds. The number of hydrogen-bond acceptors (Lipinski definition) is 4. The lowest BCUT2D eigenvalue weighted by Crippen LogP contribution is -2.54. The van der Waals surface area contributed by atoms with Crippen LogP contribution in [-0.4, -0.2) is 53.6 Å². The second kappa shape index (κ2) is 5.29. The van der Waals surface area contributed by atoms with E-state index in [1.165, 1.54) is 0 Å². The van der Waals surface area contributed by atoms with E-state index in [0.717, 1.165) is 32.5 Å². The van der Waals surface area contributed by atoms with Crippen molar-refractivity contribution in [1.29, 1.82) is 0 Å². The lowest BCUT2D eigenvalue weighted by atomic mass is 9.75. The van der Waals surface area contributed by atoms with Crippen LogP contribution < -0.4 is 4.72 Å². The third-order valence-corrected chi connectivity index (χ3v) is 5.81. The molecule has 2 saturated heterocycles. The quantitative estimate of drug-likeness (QED) is 0.767. The van der Waals surface area contributed by atoms with Crippen molar-refractivity contribution in [1.82, 2.24) is 9.62 Å². The Hall–Kier alpha value is 0.190. The Bertz CT molecular complexity index is 285. The summed E-state index contributed by atoms with van der Waals surface area (Å²) in [5, 5.41) is 0. The number of hydrogen-bond donors (Lipinski definition) is 1. The van der Waals surface area contributed by atoms with E-state index in [0.29, 0.717) is 6.61 Å². The van der Waals surface area contributed by atoms with Gasteiger partial charge in [0.25, 0.3) is 0 Å². The zero-order valence-electron chi connectivity index (χ0n) is 12.0. The van der Waals surface area contributed by atoms with Crippen LogP contribution in [0.4, 0.5) is 0 Å². The maximum Gasteiger partial charge on any atom is 0.136 e. The van der Waals surface area contributed by atoms with E-state index in [1.807, 2.05) is 20.8 Å². The SMILES string of the molecule is CN1CCC2(CC1)COC[C@H]2N[S+]([O-])C(C)(C)C. The monoisotopic (exact) mass is 274 g/mol. The molecule has 18 heavy (non-hydrogen) atoms. The first-order chi connectivity index (χ1) is 8.33. The van der Waals surface area contributed by atoms with Gasteiger partial charge >= 0.3 is 0 Å². The van der Waals surface area contributed by atoms with Gasteiger partial charge in [0.2, 0.25) is 0 Å². The third-order valence-electron chi connectivity index (χ3n) is 4.20. The van der Waals surface area contributed by atoms with Gasteiger partial charge < -0.3 is 14.2 Å². The first-order valence-corrected chi connectivity index (χ1v) is 7.93. The molecule has 2 fully saturated rings. The van der Waals surface area contributed by atoms with Crippen LogP contribution in [0.1, 0.15) is 33.6 Å². The van der Waals surface area contributed by atoms with Crippen LogP contribution in [0.5, 0.6) is 0 Å². The van der Waals surface area contributed by atoms with Gasteiger partial charge in [-0.05, 0) is 53.8 Å². The van der Waals surface area contributed by atoms with Crippen LogP contribution in [0.3, 0.4) is 0 Å². The second-order valence-electron chi connectivity index (χ2n) is 6.73. The molecule has 0 saturated carbocycles. The molecule has 5 heteroatoms. The summed E-state index contributed by atoms with van der Waals surface area (Å²) in [6.45, 7) is 9.77. The topological polar surface area (TPSA) is 47.6 Å². The molecule has 2 heterocycles. The van der Waals surface area contributed by atoms with E-state index in [-0.39, 0.29) is 16.2 Å². The summed E-state index contributed by atoms with van der Waals surface area (Å²) in [6, 6.07) is 0.242. The van der Waals surface area contributed by atoms with Crippen LogP contribution in [-0.2, 0) is 16.1 Å². The van der Waals surface area contributed by atoms with Gasteiger partial charge in [0, 0.05) is 16.8 Å². The average Bonchev–Trinajstić information content (AvgIpc) is 2.65. The number of rotatable bonds is 2. The Labute approximate surface area is 114 Å². The molecule has 1 spiro atoms. The number of nitrogens with zero attached hydrogens (tertiary/aromatic N) is 1. The van der Waals surface area contributed by atoms with Gasteiger partial charge in [-0.3, -0.25) is 0 Å². The van der Waals surface area contributed by atoms with Crippen molar-refractivity contribution in [2.75, 3.05) is 33.4 Å². The van der Waals surface area contributed by atoms with Crippen LogP contribution in [0.2, 0.25) is 0 Å². The predicted octanol–water partition coefficient (Wildman–Crippen LogP) is 1.15. The summed E-state index contributed by atoms with van der Waals surface area (Å²) in [7, 11) is 2.17. The van der Waals surface area contributed by atoms with E-state index in [2.05, 4.69) is 16.7 Å². The first kappa shape index (κ1) is 14.6. The van der Waals surface area contributed by atoms with Gasteiger partial charge in [-0.25, -0.2) is 0 Å². The standard InChI is InChI=1S/C13H26N2O2S/c1-12(2,3)18(16)14-11-9-17-10-13(11)5-7-15(4)8-6-13/h11,14H,5-10H2,1-4H3/t11-,18?/m1/s1. The molecule has 0 aliphatic carbocycles. The Morgan fingerprint density at radius 2 is 1.94 bits per heavy atom. The van der Waals surface area contributed by atoms with Crippen LogP contribution in [0, 0.1) is 5.41 Å². The number of ether oxygens (including phenoxy) is 1. The maximum absolute atomic E-state index is 12.2. The van der Waals surface area contributed by atoms with Gasteiger partial charge in [-0.2, -0.15) is 0 Å². The van der Waals surface area contributed by atoms with Crippen molar-refractivity contribution in [3.63, 3.8) is 0 Å². The molecule has 1 N–H and O–H groups in total. The van der Waals surface area contributed by atoms with Crippen molar-refractivity contribution < 1.29 is 9.29 Å². The molecule has 106 valence electrons. The van der Waals surface area contributed by atoms with Gasteiger partial charge in [0.05, 0.1) is 19.3 Å². The zero-order valence-corrected chi connectivity index (χ0v) is 12.8. The number of piperidine rings is 1.